The maximum Gasteiger partial charge on any atom is 0.260 e. The number of rotatable bonds is 3. The van der Waals surface area contributed by atoms with E-state index in [0.717, 1.165) is 22.1 Å². The first-order valence-electron chi connectivity index (χ1n) is 7.09. The van der Waals surface area contributed by atoms with E-state index < -0.39 is 0 Å². The van der Waals surface area contributed by atoms with E-state index in [-0.39, 0.29) is 5.91 Å². The highest BCUT2D eigenvalue weighted by Crippen LogP contribution is 2.38. The van der Waals surface area contributed by atoms with Gasteiger partial charge in [0.25, 0.3) is 5.91 Å². The number of carbonyl (C=O) groups is 1. The number of ether oxygens (including phenoxy) is 1. The summed E-state index contributed by atoms with van der Waals surface area (Å²) >= 11 is 6.10. The summed E-state index contributed by atoms with van der Waals surface area (Å²) in [5, 5.41) is 9.93. The molecule has 114 valence electrons. The number of hydrogen-bond acceptors (Lipinski definition) is 4. The van der Waals surface area contributed by atoms with Crippen molar-refractivity contribution < 1.29 is 9.53 Å². The predicted octanol–water partition coefficient (Wildman–Crippen LogP) is 3.45. The molecule has 2 heterocycles. The van der Waals surface area contributed by atoms with Crippen LogP contribution in [0, 0.1) is 0 Å². The van der Waals surface area contributed by atoms with Crippen LogP contribution in [0.3, 0.4) is 0 Å². The van der Waals surface area contributed by atoms with Crippen molar-refractivity contribution in [2.24, 2.45) is 0 Å². The molecule has 23 heavy (non-hydrogen) atoms. The zero-order chi connectivity index (χ0) is 16.0. The normalized spacial score (nSPS) is 13.0. The highest BCUT2D eigenvalue weighted by Gasteiger charge is 2.32. The molecule has 1 amide bonds. The van der Waals surface area contributed by atoms with Crippen molar-refractivity contribution in [3.63, 3.8) is 0 Å². The Labute approximate surface area is 137 Å². The number of anilines is 1. The summed E-state index contributed by atoms with van der Waals surface area (Å²) in [5.74, 6) is 1.25. The van der Waals surface area contributed by atoms with Crippen LogP contribution >= 0.6 is 11.6 Å². The SMILES string of the molecule is COc1ccc(CN2C(=O)c3cccc4c(Cl)nnc2c34)cc1. The smallest absolute Gasteiger partial charge is 0.260 e. The number of aromatic nitrogens is 2. The van der Waals surface area contributed by atoms with Crippen molar-refractivity contribution >= 4 is 34.1 Å². The van der Waals surface area contributed by atoms with Gasteiger partial charge in [0, 0.05) is 10.8 Å². The predicted molar refractivity (Wildman–Crippen MR) is 88.1 cm³/mol. The topological polar surface area (TPSA) is 55.3 Å². The first-order chi connectivity index (χ1) is 11.2. The molecule has 6 heteroatoms. The van der Waals surface area contributed by atoms with Crippen LogP contribution in [0.4, 0.5) is 5.82 Å². The van der Waals surface area contributed by atoms with Crippen LogP contribution < -0.4 is 9.64 Å². The van der Waals surface area contributed by atoms with E-state index in [4.69, 9.17) is 16.3 Å². The van der Waals surface area contributed by atoms with Crippen LogP contribution in [0.15, 0.2) is 42.5 Å². The molecule has 0 N–H and O–H groups in total. The Bertz CT molecular complexity index is 925. The number of hydrogen-bond donors (Lipinski definition) is 0. The quantitative estimate of drug-likeness (QED) is 0.740. The van der Waals surface area contributed by atoms with E-state index in [1.807, 2.05) is 36.4 Å². The molecule has 0 spiro atoms. The van der Waals surface area contributed by atoms with Crippen molar-refractivity contribution in [1.29, 1.82) is 0 Å². The number of amides is 1. The van der Waals surface area contributed by atoms with Crippen molar-refractivity contribution in [2.75, 3.05) is 12.0 Å². The van der Waals surface area contributed by atoms with E-state index in [1.165, 1.54) is 0 Å². The fourth-order valence-corrected chi connectivity index (χ4v) is 3.02. The molecule has 0 saturated heterocycles. The molecular weight excluding hydrogens is 314 g/mol. The van der Waals surface area contributed by atoms with Gasteiger partial charge in [0.05, 0.1) is 19.2 Å². The highest BCUT2D eigenvalue weighted by molar-refractivity contribution is 6.36. The molecule has 1 aliphatic heterocycles. The van der Waals surface area contributed by atoms with Gasteiger partial charge in [0.2, 0.25) is 0 Å². The van der Waals surface area contributed by atoms with E-state index in [9.17, 15) is 4.79 Å². The van der Waals surface area contributed by atoms with Gasteiger partial charge >= 0.3 is 0 Å². The van der Waals surface area contributed by atoms with Crippen LogP contribution in [-0.2, 0) is 6.54 Å². The molecule has 0 saturated carbocycles. The lowest BCUT2D eigenvalue weighted by Crippen LogP contribution is -2.26. The minimum Gasteiger partial charge on any atom is -0.497 e. The summed E-state index contributed by atoms with van der Waals surface area (Å²) in [6.07, 6.45) is 0. The third-order valence-corrected chi connectivity index (χ3v) is 4.25. The molecule has 0 fully saturated rings. The Kier molecular flexibility index (Phi) is 3.16. The highest BCUT2D eigenvalue weighted by atomic mass is 35.5. The Hall–Kier alpha value is -2.66. The third-order valence-electron chi connectivity index (χ3n) is 3.97. The second-order valence-corrected chi connectivity index (χ2v) is 5.64. The molecule has 0 aliphatic carbocycles. The molecular formula is C17H12ClN3O2. The maximum absolute atomic E-state index is 12.7. The van der Waals surface area contributed by atoms with E-state index >= 15 is 0 Å². The number of carbonyl (C=O) groups excluding carboxylic acids is 1. The maximum atomic E-state index is 12.7. The largest absolute Gasteiger partial charge is 0.497 e. The number of nitrogens with zero attached hydrogens (tertiary/aromatic N) is 3. The molecule has 0 radical (unpaired) electrons. The van der Waals surface area contributed by atoms with Gasteiger partial charge in [-0.3, -0.25) is 9.69 Å². The van der Waals surface area contributed by atoms with Crippen molar-refractivity contribution in [1.82, 2.24) is 10.2 Å². The monoisotopic (exact) mass is 325 g/mol. The van der Waals surface area contributed by atoms with Gasteiger partial charge in [-0.1, -0.05) is 35.9 Å². The zero-order valence-corrected chi connectivity index (χ0v) is 13.0. The molecule has 1 aliphatic rings. The summed E-state index contributed by atoms with van der Waals surface area (Å²) in [6.45, 7) is 0.420. The Morgan fingerprint density at radius 3 is 2.65 bits per heavy atom. The first-order valence-corrected chi connectivity index (χ1v) is 7.46. The van der Waals surface area contributed by atoms with Crippen LogP contribution in [0.1, 0.15) is 15.9 Å². The number of methoxy groups -OCH3 is 1. The summed E-state index contributed by atoms with van der Waals surface area (Å²) in [4.78, 5) is 14.3. The second-order valence-electron chi connectivity index (χ2n) is 5.28. The van der Waals surface area contributed by atoms with Gasteiger partial charge in [-0.05, 0) is 23.8 Å². The van der Waals surface area contributed by atoms with Gasteiger partial charge < -0.3 is 4.74 Å². The van der Waals surface area contributed by atoms with Gasteiger partial charge in [0.1, 0.15) is 5.75 Å². The van der Waals surface area contributed by atoms with Gasteiger partial charge in [-0.15, -0.1) is 10.2 Å². The van der Waals surface area contributed by atoms with Crippen LogP contribution in [0.5, 0.6) is 5.75 Å². The van der Waals surface area contributed by atoms with Gasteiger partial charge in [-0.2, -0.15) is 0 Å². The fourth-order valence-electron chi connectivity index (χ4n) is 2.83. The van der Waals surface area contributed by atoms with Crippen LogP contribution in [0.25, 0.3) is 10.8 Å². The third kappa shape index (κ3) is 2.12. The minimum atomic E-state index is -0.0852. The summed E-state index contributed by atoms with van der Waals surface area (Å²) < 4.78 is 5.15. The Balaban J connectivity index is 1.77. The minimum absolute atomic E-state index is 0.0852. The lowest BCUT2D eigenvalue weighted by molar-refractivity contribution is 0.0991. The zero-order valence-electron chi connectivity index (χ0n) is 12.3. The van der Waals surface area contributed by atoms with E-state index in [2.05, 4.69) is 10.2 Å². The first kappa shape index (κ1) is 14.0. The molecule has 3 aromatic rings. The summed E-state index contributed by atoms with van der Waals surface area (Å²) in [6, 6.07) is 13.0. The summed E-state index contributed by atoms with van der Waals surface area (Å²) in [5.41, 5.74) is 1.60. The molecule has 1 aromatic heterocycles. The fraction of sp³-hybridized carbons (Fsp3) is 0.118. The summed E-state index contributed by atoms with van der Waals surface area (Å²) in [7, 11) is 1.62. The average Bonchev–Trinajstić information content (AvgIpc) is 2.86. The molecule has 4 rings (SSSR count). The standard InChI is InChI=1S/C17H12ClN3O2/c1-23-11-7-5-10(6-8-11)9-21-16-14-12(15(18)19-20-16)3-2-4-13(14)17(21)22/h2-8H,9H2,1H3. The van der Waals surface area contributed by atoms with Crippen molar-refractivity contribution in [2.45, 2.75) is 6.54 Å². The second kappa shape index (κ2) is 5.21. The van der Waals surface area contributed by atoms with Crippen molar-refractivity contribution in [3.05, 3.63) is 58.7 Å². The molecule has 2 aromatic carbocycles. The molecule has 5 nitrogen and oxygen atoms in total. The van der Waals surface area contributed by atoms with Gasteiger partial charge in [-0.25, -0.2) is 0 Å². The molecule has 0 unspecified atom stereocenters. The van der Waals surface area contributed by atoms with Gasteiger partial charge in [0.15, 0.2) is 11.0 Å². The average molecular weight is 326 g/mol. The van der Waals surface area contributed by atoms with E-state index in [1.54, 1.807) is 18.1 Å². The Morgan fingerprint density at radius 1 is 1.13 bits per heavy atom. The number of benzene rings is 2. The van der Waals surface area contributed by atoms with Crippen LogP contribution in [-0.4, -0.2) is 23.2 Å². The van der Waals surface area contributed by atoms with Crippen molar-refractivity contribution in [3.8, 4) is 5.75 Å². The Morgan fingerprint density at radius 2 is 1.91 bits per heavy atom. The van der Waals surface area contributed by atoms with Crippen LogP contribution in [0.2, 0.25) is 5.15 Å². The molecule has 0 atom stereocenters. The number of halogens is 1. The van der Waals surface area contributed by atoms with E-state index in [0.29, 0.717) is 23.1 Å². The lowest BCUT2D eigenvalue weighted by atomic mass is 10.1. The molecule has 0 bridgehead atoms. The lowest BCUT2D eigenvalue weighted by Gasteiger charge is -2.16.